The van der Waals surface area contributed by atoms with Gasteiger partial charge in [0.2, 0.25) is 5.91 Å². The standard InChI is InChI=1S/C15H20ClNO2/c1-10(8-16)11(2)17-15(18)13-7-12-5-3-4-6-14(12)19-9-13/h3-6,10-11,13H,7-9H2,1-2H3,(H,17,18). The van der Waals surface area contributed by atoms with E-state index in [-0.39, 0.29) is 23.8 Å². The summed E-state index contributed by atoms with van der Waals surface area (Å²) < 4.78 is 5.64. The molecule has 1 aliphatic rings. The zero-order chi connectivity index (χ0) is 13.8. The zero-order valence-corrected chi connectivity index (χ0v) is 12.1. The number of amides is 1. The molecule has 0 aromatic heterocycles. The van der Waals surface area contributed by atoms with Gasteiger partial charge in [0.25, 0.3) is 0 Å². The Hall–Kier alpha value is -1.22. The molecule has 1 N–H and O–H groups in total. The molecular weight excluding hydrogens is 262 g/mol. The number of para-hydroxylation sites is 1. The molecule has 3 nitrogen and oxygen atoms in total. The van der Waals surface area contributed by atoms with Crippen molar-refractivity contribution in [1.29, 1.82) is 0 Å². The quantitative estimate of drug-likeness (QED) is 0.862. The third-order valence-electron chi connectivity index (χ3n) is 3.72. The van der Waals surface area contributed by atoms with Crippen LogP contribution in [0.4, 0.5) is 0 Å². The number of halogens is 1. The fraction of sp³-hybridized carbons (Fsp3) is 0.533. The number of ether oxygens (including phenoxy) is 1. The van der Waals surface area contributed by atoms with Gasteiger partial charge in [0.05, 0.1) is 5.92 Å². The maximum atomic E-state index is 12.2. The van der Waals surface area contributed by atoms with Crippen molar-refractivity contribution < 1.29 is 9.53 Å². The van der Waals surface area contributed by atoms with Crippen LogP contribution in [-0.2, 0) is 11.2 Å². The highest BCUT2D eigenvalue weighted by molar-refractivity contribution is 6.18. The van der Waals surface area contributed by atoms with Gasteiger partial charge in [-0.1, -0.05) is 25.1 Å². The summed E-state index contributed by atoms with van der Waals surface area (Å²) in [6, 6.07) is 7.97. The topological polar surface area (TPSA) is 38.3 Å². The van der Waals surface area contributed by atoms with E-state index in [9.17, 15) is 4.79 Å². The molecule has 1 aliphatic heterocycles. The van der Waals surface area contributed by atoms with Crippen LogP contribution in [0.5, 0.6) is 5.75 Å². The molecule has 4 heteroatoms. The summed E-state index contributed by atoms with van der Waals surface area (Å²) in [5.41, 5.74) is 1.10. The van der Waals surface area contributed by atoms with Gasteiger partial charge in [-0.3, -0.25) is 4.79 Å². The van der Waals surface area contributed by atoms with Crippen LogP contribution in [0.15, 0.2) is 24.3 Å². The highest BCUT2D eigenvalue weighted by Crippen LogP contribution is 2.26. The van der Waals surface area contributed by atoms with Crippen LogP contribution in [0.2, 0.25) is 0 Å². The summed E-state index contributed by atoms with van der Waals surface area (Å²) in [7, 11) is 0. The van der Waals surface area contributed by atoms with Crippen LogP contribution < -0.4 is 10.1 Å². The molecule has 0 fully saturated rings. The summed E-state index contributed by atoms with van der Waals surface area (Å²) in [4.78, 5) is 12.2. The fourth-order valence-corrected chi connectivity index (χ4v) is 2.38. The first kappa shape index (κ1) is 14.2. The number of benzene rings is 1. The molecule has 1 amide bonds. The van der Waals surface area contributed by atoms with Crippen LogP contribution in [0, 0.1) is 11.8 Å². The molecule has 0 radical (unpaired) electrons. The SMILES string of the molecule is CC(CCl)C(C)NC(=O)C1COc2ccccc2C1. The average Bonchev–Trinajstić information content (AvgIpc) is 2.45. The highest BCUT2D eigenvalue weighted by Gasteiger charge is 2.27. The van der Waals surface area contributed by atoms with E-state index in [4.69, 9.17) is 16.3 Å². The van der Waals surface area contributed by atoms with E-state index in [1.807, 2.05) is 38.1 Å². The van der Waals surface area contributed by atoms with Gasteiger partial charge < -0.3 is 10.1 Å². The Morgan fingerprint density at radius 3 is 2.95 bits per heavy atom. The second-order valence-corrected chi connectivity index (χ2v) is 5.56. The first-order chi connectivity index (χ1) is 9.11. The molecule has 1 aromatic carbocycles. The monoisotopic (exact) mass is 281 g/mol. The Labute approximate surface area is 119 Å². The van der Waals surface area contributed by atoms with Crippen LogP contribution in [0.1, 0.15) is 19.4 Å². The van der Waals surface area contributed by atoms with E-state index in [2.05, 4.69) is 5.32 Å². The Kier molecular flexibility index (Phi) is 4.70. The van der Waals surface area contributed by atoms with Crippen molar-refractivity contribution >= 4 is 17.5 Å². The third-order valence-corrected chi connectivity index (χ3v) is 4.20. The van der Waals surface area contributed by atoms with Crippen LogP contribution in [0.25, 0.3) is 0 Å². The molecule has 0 saturated carbocycles. The Morgan fingerprint density at radius 1 is 1.47 bits per heavy atom. The first-order valence-electron chi connectivity index (χ1n) is 6.69. The second kappa shape index (κ2) is 6.29. The summed E-state index contributed by atoms with van der Waals surface area (Å²) in [5, 5.41) is 3.03. The van der Waals surface area contributed by atoms with Crippen molar-refractivity contribution in [2.24, 2.45) is 11.8 Å². The van der Waals surface area contributed by atoms with Gasteiger partial charge in [-0.15, -0.1) is 11.6 Å². The molecule has 3 atom stereocenters. The average molecular weight is 282 g/mol. The molecule has 3 unspecified atom stereocenters. The Balaban J connectivity index is 1.95. The third kappa shape index (κ3) is 3.41. The minimum Gasteiger partial charge on any atom is -0.492 e. The van der Waals surface area contributed by atoms with Gasteiger partial charge >= 0.3 is 0 Å². The highest BCUT2D eigenvalue weighted by atomic mass is 35.5. The molecule has 1 aromatic rings. The first-order valence-corrected chi connectivity index (χ1v) is 7.22. The van der Waals surface area contributed by atoms with Gasteiger partial charge in [0.15, 0.2) is 0 Å². The fourth-order valence-electron chi connectivity index (χ4n) is 2.11. The number of nitrogens with one attached hydrogen (secondary N) is 1. The second-order valence-electron chi connectivity index (χ2n) is 5.25. The van der Waals surface area contributed by atoms with Crippen molar-refractivity contribution in [3.8, 4) is 5.75 Å². The molecule has 2 rings (SSSR count). The normalized spacial score (nSPS) is 20.9. The molecule has 1 heterocycles. The summed E-state index contributed by atoms with van der Waals surface area (Å²) in [6.45, 7) is 4.47. The lowest BCUT2D eigenvalue weighted by Gasteiger charge is -2.27. The van der Waals surface area contributed by atoms with E-state index in [1.54, 1.807) is 0 Å². The Bertz CT molecular complexity index is 450. The lowest BCUT2D eigenvalue weighted by atomic mass is 9.95. The molecule has 0 aliphatic carbocycles. The molecular formula is C15H20ClNO2. The summed E-state index contributed by atoms with van der Waals surface area (Å²) >= 11 is 5.81. The number of hydrogen-bond acceptors (Lipinski definition) is 2. The van der Waals surface area contributed by atoms with Crippen molar-refractivity contribution in [2.75, 3.05) is 12.5 Å². The van der Waals surface area contributed by atoms with Crippen molar-refractivity contribution in [3.05, 3.63) is 29.8 Å². The number of rotatable bonds is 4. The summed E-state index contributed by atoms with van der Waals surface area (Å²) in [5.74, 6) is 1.65. The number of fused-ring (bicyclic) bond motifs is 1. The van der Waals surface area contributed by atoms with Crippen LogP contribution in [0.3, 0.4) is 0 Å². The maximum absolute atomic E-state index is 12.2. The van der Waals surface area contributed by atoms with E-state index < -0.39 is 0 Å². The van der Waals surface area contributed by atoms with Crippen molar-refractivity contribution in [2.45, 2.75) is 26.3 Å². The maximum Gasteiger partial charge on any atom is 0.227 e. The zero-order valence-electron chi connectivity index (χ0n) is 11.4. The molecule has 19 heavy (non-hydrogen) atoms. The molecule has 0 bridgehead atoms. The van der Waals surface area contributed by atoms with Crippen molar-refractivity contribution in [1.82, 2.24) is 5.32 Å². The minimum absolute atomic E-state index is 0.0546. The number of hydrogen-bond donors (Lipinski definition) is 1. The van der Waals surface area contributed by atoms with Gasteiger partial charge in [0.1, 0.15) is 12.4 Å². The summed E-state index contributed by atoms with van der Waals surface area (Å²) in [6.07, 6.45) is 0.740. The lowest BCUT2D eigenvalue weighted by Crippen LogP contribution is -2.44. The van der Waals surface area contributed by atoms with E-state index in [0.29, 0.717) is 12.5 Å². The van der Waals surface area contributed by atoms with Gasteiger partial charge in [0, 0.05) is 11.9 Å². The smallest absolute Gasteiger partial charge is 0.227 e. The van der Waals surface area contributed by atoms with Crippen LogP contribution in [-0.4, -0.2) is 24.4 Å². The number of carbonyl (C=O) groups is 1. The van der Waals surface area contributed by atoms with Gasteiger partial charge in [-0.05, 0) is 30.9 Å². The largest absolute Gasteiger partial charge is 0.492 e. The van der Waals surface area contributed by atoms with Crippen molar-refractivity contribution in [3.63, 3.8) is 0 Å². The van der Waals surface area contributed by atoms with Gasteiger partial charge in [-0.25, -0.2) is 0 Å². The number of carbonyl (C=O) groups excluding carboxylic acids is 1. The molecule has 0 saturated heterocycles. The Morgan fingerprint density at radius 2 is 2.21 bits per heavy atom. The minimum atomic E-state index is -0.111. The van der Waals surface area contributed by atoms with E-state index in [0.717, 1.165) is 17.7 Å². The predicted molar refractivity (Wildman–Crippen MR) is 76.6 cm³/mol. The van der Waals surface area contributed by atoms with Gasteiger partial charge in [-0.2, -0.15) is 0 Å². The molecule has 0 spiro atoms. The van der Waals surface area contributed by atoms with E-state index >= 15 is 0 Å². The van der Waals surface area contributed by atoms with Crippen LogP contribution >= 0.6 is 11.6 Å². The van der Waals surface area contributed by atoms with E-state index in [1.165, 1.54) is 0 Å². The number of alkyl halides is 1. The predicted octanol–water partition coefficient (Wildman–Crippen LogP) is 2.62. The lowest BCUT2D eigenvalue weighted by molar-refractivity contribution is -0.127. The molecule has 104 valence electrons.